The molecule has 1 N–H and O–H groups in total. The highest BCUT2D eigenvalue weighted by atomic mass is 16.6. The zero-order chi connectivity index (χ0) is 18.0. The molecule has 1 amide bonds. The molecule has 132 valence electrons. The zero-order valence-electron chi connectivity index (χ0n) is 14.0. The van der Waals surface area contributed by atoms with Gasteiger partial charge >= 0.3 is 5.88 Å². The van der Waals surface area contributed by atoms with E-state index in [1.165, 1.54) is 6.07 Å². The molecule has 0 spiro atoms. The van der Waals surface area contributed by atoms with Crippen LogP contribution in [0.2, 0.25) is 0 Å². The number of furan rings is 1. The van der Waals surface area contributed by atoms with Crippen LogP contribution in [0.25, 0.3) is 0 Å². The number of morpholine rings is 1. The molecule has 0 saturated carbocycles. The van der Waals surface area contributed by atoms with Crippen molar-refractivity contribution in [2.75, 3.05) is 23.3 Å². The maximum absolute atomic E-state index is 12.3. The highest BCUT2D eigenvalue weighted by molar-refractivity contribution is 6.04. The first-order valence-electron chi connectivity index (χ1n) is 7.99. The molecule has 0 bridgehead atoms. The molecule has 3 rings (SSSR count). The maximum atomic E-state index is 12.3. The van der Waals surface area contributed by atoms with Crippen molar-refractivity contribution in [2.24, 2.45) is 0 Å². The van der Waals surface area contributed by atoms with Gasteiger partial charge < -0.3 is 19.4 Å². The van der Waals surface area contributed by atoms with Gasteiger partial charge in [-0.1, -0.05) is 12.1 Å². The number of hydrogen-bond acceptors (Lipinski definition) is 6. The number of nitrogens with one attached hydrogen (secondary N) is 1. The SMILES string of the molecule is C[C@@H]1CN(c2ccccc2NC(=O)c2ccc([N+](=O)[O-])o2)C[C@H](C)O1. The van der Waals surface area contributed by atoms with Gasteiger partial charge in [0.25, 0.3) is 5.91 Å². The van der Waals surface area contributed by atoms with Crippen LogP contribution in [-0.4, -0.2) is 36.1 Å². The third kappa shape index (κ3) is 3.80. The molecule has 1 aliphatic rings. The second-order valence-corrected chi connectivity index (χ2v) is 6.03. The first-order valence-corrected chi connectivity index (χ1v) is 7.99. The van der Waals surface area contributed by atoms with Crippen LogP contribution in [0.4, 0.5) is 17.3 Å². The minimum Gasteiger partial charge on any atom is -0.395 e. The Hall–Kier alpha value is -2.87. The van der Waals surface area contributed by atoms with Crippen molar-refractivity contribution in [2.45, 2.75) is 26.1 Å². The second kappa shape index (κ2) is 6.94. The Morgan fingerprint density at radius 2 is 1.88 bits per heavy atom. The van der Waals surface area contributed by atoms with Crippen molar-refractivity contribution >= 4 is 23.2 Å². The van der Waals surface area contributed by atoms with Gasteiger partial charge in [0.2, 0.25) is 0 Å². The third-order valence-electron chi connectivity index (χ3n) is 3.91. The van der Waals surface area contributed by atoms with Crippen LogP contribution in [0.3, 0.4) is 0 Å². The molecule has 0 aliphatic carbocycles. The molecule has 0 unspecified atom stereocenters. The summed E-state index contributed by atoms with van der Waals surface area (Å²) in [6.45, 7) is 5.44. The summed E-state index contributed by atoms with van der Waals surface area (Å²) < 4.78 is 10.7. The van der Waals surface area contributed by atoms with E-state index >= 15 is 0 Å². The Morgan fingerprint density at radius 3 is 2.52 bits per heavy atom. The molecular formula is C17H19N3O5. The number of nitro groups is 1. The molecule has 1 aromatic heterocycles. The molecule has 2 aromatic rings. The van der Waals surface area contributed by atoms with Crippen LogP contribution in [-0.2, 0) is 4.74 Å². The summed E-state index contributed by atoms with van der Waals surface area (Å²) in [6, 6.07) is 9.87. The summed E-state index contributed by atoms with van der Waals surface area (Å²) in [5.41, 5.74) is 1.49. The Bertz CT molecular complexity index is 778. The lowest BCUT2D eigenvalue weighted by molar-refractivity contribution is -0.402. The van der Waals surface area contributed by atoms with Gasteiger partial charge in [0.1, 0.15) is 4.92 Å². The van der Waals surface area contributed by atoms with Crippen molar-refractivity contribution in [3.05, 3.63) is 52.3 Å². The third-order valence-corrected chi connectivity index (χ3v) is 3.91. The van der Waals surface area contributed by atoms with Gasteiger partial charge in [-0.2, -0.15) is 0 Å². The van der Waals surface area contributed by atoms with Crippen molar-refractivity contribution in [3.8, 4) is 0 Å². The van der Waals surface area contributed by atoms with E-state index in [-0.39, 0.29) is 18.0 Å². The molecule has 1 fully saturated rings. The fraction of sp³-hybridized carbons (Fsp3) is 0.353. The van der Waals surface area contributed by atoms with Crippen LogP contribution in [0.15, 0.2) is 40.8 Å². The second-order valence-electron chi connectivity index (χ2n) is 6.03. The number of hydrogen-bond donors (Lipinski definition) is 1. The predicted octanol–water partition coefficient (Wildman–Crippen LogP) is 3.05. The first-order chi connectivity index (χ1) is 11.9. The monoisotopic (exact) mass is 345 g/mol. The number of carbonyl (C=O) groups is 1. The summed E-state index contributed by atoms with van der Waals surface area (Å²) in [6.07, 6.45) is 0.167. The molecule has 25 heavy (non-hydrogen) atoms. The van der Waals surface area contributed by atoms with Crippen LogP contribution in [0.1, 0.15) is 24.4 Å². The molecule has 0 radical (unpaired) electrons. The molecular weight excluding hydrogens is 326 g/mol. The lowest BCUT2D eigenvalue weighted by atomic mass is 10.1. The molecule has 1 aliphatic heterocycles. The molecule has 2 heterocycles. The van der Waals surface area contributed by atoms with E-state index in [1.54, 1.807) is 6.07 Å². The van der Waals surface area contributed by atoms with Gasteiger partial charge in [0.15, 0.2) is 5.76 Å². The number of nitrogens with zero attached hydrogens (tertiary/aromatic N) is 2. The molecule has 2 atom stereocenters. The predicted molar refractivity (Wildman–Crippen MR) is 92.0 cm³/mol. The lowest BCUT2D eigenvalue weighted by Crippen LogP contribution is -2.45. The smallest absolute Gasteiger partial charge is 0.395 e. The standard InChI is InChI=1S/C17H19N3O5/c1-11-9-19(10-12(2)24-11)14-6-4-3-5-13(14)18-17(21)15-7-8-16(25-15)20(22)23/h3-8,11-12H,9-10H2,1-2H3,(H,18,21)/t11-,12+. The van der Waals surface area contributed by atoms with Gasteiger partial charge in [0, 0.05) is 13.1 Å². The van der Waals surface area contributed by atoms with Crippen LogP contribution < -0.4 is 10.2 Å². The van der Waals surface area contributed by atoms with E-state index in [9.17, 15) is 14.9 Å². The van der Waals surface area contributed by atoms with Crippen LogP contribution in [0, 0.1) is 10.1 Å². The van der Waals surface area contributed by atoms with Gasteiger partial charge in [-0.25, -0.2) is 0 Å². The molecule has 1 saturated heterocycles. The molecule has 8 nitrogen and oxygen atoms in total. The number of ether oxygens (including phenoxy) is 1. The zero-order valence-corrected chi connectivity index (χ0v) is 14.0. The van der Waals surface area contributed by atoms with Crippen molar-refractivity contribution in [1.29, 1.82) is 0 Å². The van der Waals surface area contributed by atoms with E-state index in [4.69, 9.17) is 9.15 Å². The Morgan fingerprint density at radius 1 is 1.20 bits per heavy atom. The van der Waals surface area contributed by atoms with Crippen molar-refractivity contribution in [3.63, 3.8) is 0 Å². The minimum absolute atomic E-state index is 0.0835. The summed E-state index contributed by atoms with van der Waals surface area (Å²) in [4.78, 5) is 24.5. The van der Waals surface area contributed by atoms with E-state index in [2.05, 4.69) is 10.2 Å². The number of anilines is 2. The van der Waals surface area contributed by atoms with Crippen LogP contribution >= 0.6 is 0 Å². The van der Waals surface area contributed by atoms with Crippen LogP contribution in [0.5, 0.6) is 0 Å². The highest BCUT2D eigenvalue weighted by Gasteiger charge is 2.25. The fourth-order valence-corrected chi connectivity index (χ4v) is 2.96. The molecule has 1 aromatic carbocycles. The van der Waals surface area contributed by atoms with Gasteiger partial charge in [-0.3, -0.25) is 14.9 Å². The normalized spacial score (nSPS) is 20.3. The van der Waals surface area contributed by atoms with Crippen molar-refractivity contribution in [1.82, 2.24) is 0 Å². The summed E-state index contributed by atoms with van der Waals surface area (Å²) in [5.74, 6) is -1.10. The highest BCUT2D eigenvalue weighted by Crippen LogP contribution is 2.29. The first kappa shape index (κ1) is 17.0. The number of para-hydroxylation sites is 2. The Balaban J connectivity index is 1.80. The number of carbonyl (C=O) groups excluding carboxylic acids is 1. The largest absolute Gasteiger partial charge is 0.433 e. The van der Waals surface area contributed by atoms with E-state index in [0.717, 1.165) is 11.8 Å². The quantitative estimate of drug-likeness (QED) is 0.675. The average Bonchev–Trinajstić information content (AvgIpc) is 3.05. The molecule has 8 heteroatoms. The summed E-state index contributed by atoms with van der Waals surface area (Å²) in [7, 11) is 0. The average molecular weight is 345 g/mol. The number of amides is 1. The lowest BCUT2D eigenvalue weighted by Gasteiger charge is -2.37. The fourth-order valence-electron chi connectivity index (χ4n) is 2.96. The van der Waals surface area contributed by atoms with Gasteiger partial charge in [-0.15, -0.1) is 0 Å². The summed E-state index contributed by atoms with van der Waals surface area (Å²) in [5, 5.41) is 13.4. The maximum Gasteiger partial charge on any atom is 0.433 e. The minimum atomic E-state index is -0.679. The topological polar surface area (TPSA) is 97.9 Å². The summed E-state index contributed by atoms with van der Waals surface area (Å²) >= 11 is 0. The van der Waals surface area contributed by atoms with Crippen molar-refractivity contribution < 1.29 is 18.9 Å². The van der Waals surface area contributed by atoms with Gasteiger partial charge in [0.05, 0.1) is 29.6 Å². The Labute approximate surface area is 144 Å². The number of benzene rings is 1. The Kier molecular flexibility index (Phi) is 4.71. The number of rotatable bonds is 4. The van der Waals surface area contributed by atoms with E-state index in [1.807, 2.05) is 32.0 Å². The van der Waals surface area contributed by atoms with Gasteiger partial charge in [-0.05, 0) is 32.0 Å². The van der Waals surface area contributed by atoms with E-state index in [0.29, 0.717) is 18.8 Å². The van der Waals surface area contributed by atoms with E-state index < -0.39 is 16.7 Å².